The molecule has 3 N–H and O–H groups in total. The van der Waals surface area contributed by atoms with Crippen LogP contribution in [-0.2, 0) is 9.47 Å². The van der Waals surface area contributed by atoms with E-state index in [1.165, 1.54) is 14.2 Å². The minimum atomic E-state index is -0.505. The summed E-state index contributed by atoms with van der Waals surface area (Å²) in [6.45, 7) is -0.133. The van der Waals surface area contributed by atoms with Gasteiger partial charge >= 0.3 is 0 Å². The summed E-state index contributed by atoms with van der Waals surface area (Å²) < 4.78 is 9.49. The van der Waals surface area contributed by atoms with E-state index >= 15 is 0 Å². The fraction of sp³-hybridized carbons (Fsp3) is 1.00. The van der Waals surface area contributed by atoms with Crippen molar-refractivity contribution in [2.45, 2.75) is 12.3 Å². The first-order valence-electron chi connectivity index (χ1n) is 2.68. The SMILES string of the molecule is COC(OC)[C@H](N)CO. The summed E-state index contributed by atoms with van der Waals surface area (Å²) in [5.41, 5.74) is 5.34. The fourth-order valence-corrected chi connectivity index (χ4v) is 0.532. The van der Waals surface area contributed by atoms with Crippen LogP contribution in [0.1, 0.15) is 0 Å². The van der Waals surface area contributed by atoms with E-state index < -0.39 is 12.3 Å². The monoisotopic (exact) mass is 135 g/mol. The molecule has 4 heteroatoms. The standard InChI is InChI=1S/C5H13NO3/c1-8-5(9-2)4(6)3-7/h4-5,7H,3,6H2,1-2H3/t4-/m1/s1. The summed E-state index contributed by atoms with van der Waals surface area (Å²) in [5.74, 6) is 0. The van der Waals surface area contributed by atoms with Crippen molar-refractivity contribution in [1.29, 1.82) is 0 Å². The van der Waals surface area contributed by atoms with Crippen LogP contribution in [0.15, 0.2) is 0 Å². The van der Waals surface area contributed by atoms with Crippen molar-refractivity contribution in [3.05, 3.63) is 0 Å². The molecule has 0 aliphatic carbocycles. The molecule has 0 radical (unpaired) electrons. The molecule has 0 amide bonds. The first kappa shape index (κ1) is 8.84. The average Bonchev–Trinajstić information content (AvgIpc) is 1.90. The third-order valence-electron chi connectivity index (χ3n) is 1.03. The summed E-state index contributed by atoms with van der Waals surface area (Å²) >= 11 is 0. The molecular formula is C5H13NO3. The number of aliphatic hydroxyl groups is 1. The Kier molecular flexibility index (Phi) is 4.61. The van der Waals surface area contributed by atoms with E-state index in [0.29, 0.717) is 0 Å². The second-order valence-electron chi connectivity index (χ2n) is 1.69. The van der Waals surface area contributed by atoms with Crippen LogP contribution in [0.5, 0.6) is 0 Å². The third kappa shape index (κ3) is 2.76. The van der Waals surface area contributed by atoms with E-state index in [2.05, 4.69) is 0 Å². The molecule has 0 unspecified atom stereocenters. The summed E-state index contributed by atoms with van der Waals surface area (Å²) in [7, 11) is 2.95. The van der Waals surface area contributed by atoms with Crippen molar-refractivity contribution in [2.24, 2.45) is 5.73 Å². The van der Waals surface area contributed by atoms with Crippen molar-refractivity contribution in [2.75, 3.05) is 20.8 Å². The predicted molar refractivity (Wildman–Crippen MR) is 32.9 cm³/mol. The largest absolute Gasteiger partial charge is 0.395 e. The molecule has 0 fully saturated rings. The van der Waals surface area contributed by atoms with Gasteiger partial charge in [-0.25, -0.2) is 0 Å². The lowest BCUT2D eigenvalue weighted by molar-refractivity contribution is -0.122. The number of hydrogen-bond donors (Lipinski definition) is 2. The predicted octanol–water partition coefficient (Wildman–Crippen LogP) is -1.08. The van der Waals surface area contributed by atoms with E-state index in [-0.39, 0.29) is 6.61 Å². The summed E-state index contributed by atoms with van der Waals surface area (Å²) in [4.78, 5) is 0. The number of aliphatic hydroxyl groups excluding tert-OH is 1. The minimum absolute atomic E-state index is 0.133. The molecule has 0 aliphatic rings. The molecule has 9 heavy (non-hydrogen) atoms. The van der Waals surface area contributed by atoms with Gasteiger partial charge in [-0.05, 0) is 0 Å². The van der Waals surface area contributed by atoms with Crippen LogP contribution in [0.25, 0.3) is 0 Å². The zero-order valence-electron chi connectivity index (χ0n) is 5.70. The number of ether oxygens (including phenoxy) is 2. The van der Waals surface area contributed by atoms with Gasteiger partial charge < -0.3 is 20.3 Å². The van der Waals surface area contributed by atoms with Gasteiger partial charge in [-0.2, -0.15) is 0 Å². The summed E-state index contributed by atoms with van der Waals surface area (Å²) in [6, 6.07) is -0.458. The Balaban J connectivity index is 3.50. The highest BCUT2D eigenvalue weighted by atomic mass is 16.7. The first-order chi connectivity index (χ1) is 4.26. The quantitative estimate of drug-likeness (QED) is 0.481. The van der Waals surface area contributed by atoms with Gasteiger partial charge in [0.1, 0.15) is 0 Å². The zero-order valence-corrected chi connectivity index (χ0v) is 5.70. The highest BCUT2D eigenvalue weighted by Crippen LogP contribution is 1.94. The van der Waals surface area contributed by atoms with E-state index in [1.807, 2.05) is 0 Å². The van der Waals surface area contributed by atoms with Crippen LogP contribution in [0.2, 0.25) is 0 Å². The van der Waals surface area contributed by atoms with E-state index in [0.717, 1.165) is 0 Å². The van der Waals surface area contributed by atoms with Gasteiger partial charge in [-0.3, -0.25) is 0 Å². The van der Waals surface area contributed by atoms with Crippen LogP contribution < -0.4 is 5.73 Å². The molecule has 0 saturated heterocycles. The zero-order chi connectivity index (χ0) is 7.28. The molecule has 0 aromatic carbocycles. The van der Waals surface area contributed by atoms with Gasteiger partial charge in [-0.1, -0.05) is 0 Å². The highest BCUT2D eigenvalue weighted by molar-refractivity contribution is 4.61. The third-order valence-corrected chi connectivity index (χ3v) is 1.03. The van der Waals surface area contributed by atoms with Crippen LogP contribution >= 0.6 is 0 Å². The lowest BCUT2D eigenvalue weighted by atomic mass is 10.3. The van der Waals surface area contributed by atoms with Crippen molar-refractivity contribution < 1.29 is 14.6 Å². The Morgan fingerprint density at radius 2 is 1.89 bits per heavy atom. The molecule has 4 nitrogen and oxygen atoms in total. The molecule has 0 heterocycles. The number of rotatable bonds is 4. The van der Waals surface area contributed by atoms with Gasteiger partial charge in [-0.15, -0.1) is 0 Å². The molecule has 56 valence electrons. The van der Waals surface area contributed by atoms with Gasteiger partial charge in [0.2, 0.25) is 0 Å². The molecule has 0 aromatic heterocycles. The molecular weight excluding hydrogens is 122 g/mol. The second-order valence-corrected chi connectivity index (χ2v) is 1.69. The Labute approximate surface area is 54.6 Å². The maximum absolute atomic E-state index is 8.48. The Bertz CT molecular complexity index is 65.2. The van der Waals surface area contributed by atoms with Gasteiger partial charge in [0.05, 0.1) is 12.6 Å². The average molecular weight is 135 g/mol. The van der Waals surface area contributed by atoms with Gasteiger partial charge in [0.25, 0.3) is 0 Å². The summed E-state index contributed by atoms with van der Waals surface area (Å²) in [5, 5.41) is 8.48. The van der Waals surface area contributed by atoms with Crippen molar-refractivity contribution >= 4 is 0 Å². The minimum Gasteiger partial charge on any atom is -0.395 e. The van der Waals surface area contributed by atoms with Crippen LogP contribution in [0.4, 0.5) is 0 Å². The maximum atomic E-state index is 8.48. The topological polar surface area (TPSA) is 64.7 Å². The van der Waals surface area contributed by atoms with E-state index in [9.17, 15) is 0 Å². The molecule has 0 saturated carbocycles. The Morgan fingerprint density at radius 1 is 1.44 bits per heavy atom. The Hall–Kier alpha value is -0.160. The van der Waals surface area contributed by atoms with E-state index in [1.54, 1.807) is 0 Å². The molecule has 0 spiro atoms. The first-order valence-corrected chi connectivity index (χ1v) is 2.68. The van der Waals surface area contributed by atoms with Crippen LogP contribution in [0.3, 0.4) is 0 Å². The van der Waals surface area contributed by atoms with Gasteiger partial charge in [0.15, 0.2) is 6.29 Å². The maximum Gasteiger partial charge on any atom is 0.174 e. The van der Waals surface area contributed by atoms with Crippen LogP contribution in [-0.4, -0.2) is 38.3 Å². The number of methoxy groups -OCH3 is 2. The normalized spacial score (nSPS) is 14.3. The number of nitrogens with two attached hydrogens (primary N) is 1. The second kappa shape index (κ2) is 4.69. The van der Waals surface area contributed by atoms with Crippen molar-refractivity contribution in [3.63, 3.8) is 0 Å². The van der Waals surface area contributed by atoms with Crippen LogP contribution in [0, 0.1) is 0 Å². The van der Waals surface area contributed by atoms with Crippen molar-refractivity contribution in [1.82, 2.24) is 0 Å². The fourth-order valence-electron chi connectivity index (χ4n) is 0.532. The summed E-state index contributed by atoms with van der Waals surface area (Å²) in [6.07, 6.45) is -0.505. The number of hydrogen-bond acceptors (Lipinski definition) is 4. The molecule has 0 bridgehead atoms. The Morgan fingerprint density at radius 3 is 2.00 bits per heavy atom. The van der Waals surface area contributed by atoms with E-state index in [4.69, 9.17) is 20.3 Å². The lowest BCUT2D eigenvalue weighted by Crippen LogP contribution is -2.40. The highest BCUT2D eigenvalue weighted by Gasteiger charge is 2.13. The smallest absolute Gasteiger partial charge is 0.174 e. The van der Waals surface area contributed by atoms with Gasteiger partial charge in [0, 0.05) is 14.2 Å². The lowest BCUT2D eigenvalue weighted by Gasteiger charge is -2.18. The molecule has 1 atom stereocenters. The van der Waals surface area contributed by atoms with Crippen molar-refractivity contribution in [3.8, 4) is 0 Å². The molecule has 0 rings (SSSR count). The molecule has 0 aliphatic heterocycles. The molecule has 0 aromatic rings.